The molecule has 0 atom stereocenters. The van der Waals surface area contributed by atoms with Crippen molar-refractivity contribution in [1.29, 1.82) is 0 Å². The molecule has 0 amide bonds. The summed E-state index contributed by atoms with van der Waals surface area (Å²) in [5.74, 6) is -4.21. The van der Waals surface area contributed by atoms with Gasteiger partial charge in [-0.2, -0.15) is 0 Å². The van der Waals surface area contributed by atoms with Crippen LogP contribution < -0.4 is 4.90 Å². The van der Waals surface area contributed by atoms with Crippen LogP contribution in [0.1, 0.15) is 34.8 Å². The summed E-state index contributed by atoms with van der Waals surface area (Å²) in [6.07, 6.45) is 2.43. The number of ketones is 1. The minimum atomic E-state index is -1.52. The van der Waals surface area contributed by atoms with Crippen molar-refractivity contribution in [3.63, 3.8) is 0 Å². The van der Waals surface area contributed by atoms with E-state index >= 15 is 0 Å². The number of likely N-dealkylation sites (N-methyl/N-ethyl adjacent to an activating group) is 1. The molecular formula is C23H23F3N2O. The van der Waals surface area contributed by atoms with Gasteiger partial charge in [-0.3, -0.25) is 4.79 Å². The number of anilines is 1. The molecule has 3 nitrogen and oxygen atoms in total. The third-order valence-corrected chi connectivity index (χ3v) is 5.87. The third-order valence-electron chi connectivity index (χ3n) is 5.87. The number of allylic oxidation sites excluding steroid dienone is 1. The zero-order valence-electron chi connectivity index (χ0n) is 16.4. The van der Waals surface area contributed by atoms with E-state index in [0.29, 0.717) is 24.0 Å². The summed E-state index contributed by atoms with van der Waals surface area (Å²) < 4.78 is 40.6. The van der Waals surface area contributed by atoms with Crippen LogP contribution in [0.15, 0.2) is 35.9 Å². The van der Waals surface area contributed by atoms with Crippen LogP contribution in [0.2, 0.25) is 0 Å². The lowest BCUT2D eigenvalue weighted by Crippen LogP contribution is -2.46. The minimum absolute atomic E-state index is 0.110. The maximum absolute atomic E-state index is 14.0. The van der Waals surface area contributed by atoms with Crippen LogP contribution in [0.25, 0.3) is 6.08 Å². The Kier molecular flexibility index (Phi) is 5.46. The molecule has 1 aliphatic heterocycles. The number of carbonyl (C=O) groups is 1. The number of hydrogen-bond acceptors (Lipinski definition) is 3. The quantitative estimate of drug-likeness (QED) is 0.562. The van der Waals surface area contributed by atoms with Crippen molar-refractivity contribution in [2.75, 3.05) is 37.6 Å². The molecular weight excluding hydrogens is 377 g/mol. The molecule has 1 fully saturated rings. The number of piperazine rings is 1. The van der Waals surface area contributed by atoms with Gasteiger partial charge in [0.15, 0.2) is 23.2 Å². The summed E-state index contributed by atoms with van der Waals surface area (Å²) in [6.45, 7) is 7.19. The largest absolute Gasteiger partial charge is 0.369 e. The lowest BCUT2D eigenvalue weighted by atomic mass is 9.85. The predicted molar refractivity (Wildman–Crippen MR) is 108 cm³/mol. The number of Topliss-reactive ketones (excluding diaryl/α,β-unsaturated/α-hetero) is 1. The summed E-state index contributed by atoms with van der Waals surface area (Å²) in [6, 6.07) is 7.89. The van der Waals surface area contributed by atoms with Crippen molar-refractivity contribution in [3.8, 4) is 0 Å². The van der Waals surface area contributed by atoms with Gasteiger partial charge in [0.1, 0.15) is 0 Å². The third kappa shape index (κ3) is 3.81. The molecule has 2 aliphatic rings. The maximum Gasteiger partial charge on any atom is 0.195 e. The molecule has 0 unspecified atom stereocenters. The fraction of sp³-hybridized carbons (Fsp3) is 0.348. The smallest absolute Gasteiger partial charge is 0.195 e. The van der Waals surface area contributed by atoms with Gasteiger partial charge in [0.25, 0.3) is 0 Å². The van der Waals surface area contributed by atoms with Crippen molar-refractivity contribution >= 4 is 17.5 Å². The molecule has 1 aliphatic carbocycles. The molecule has 2 aromatic rings. The number of nitrogens with zero attached hydrogens (tertiary/aromatic N) is 2. The first-order chi connectivity index (χ1) is 14.0. The highest BCUT2D eigenvalue weighted by atomic mass is 19.2. The molecule has 0 bridgehead atoms. The molecule has 0 saturated carbocycles. The van der Waals surface area contributed by atoms with Gasteiger partial charge in [0.05, 0.1) is 0 Å². The number of carbonyl (C=O) groups excluding carboxylic acids is 1. The van der Waals surface area contributed by atoms with E-state index in [9.17, 15) is 18.0 Å². The Bertz CT molecular complexity index is 978. The number of aryl methyl sites for hydroxylation is 1. The molecule has 1 saturated heterocycles. The van der Waals surface area contributed by atoms with E-state index in [4.69, 9.17) is 0 Å². The molecule has 152 valence electrons. The molecule has 6 heteroatoms. The fourth-order valence-electron chi connectivity index (χ4n) is 4.06. The molecule has 0 aromatic heterocycles. The predicted octanol–water partition coefficient (Wildman–Crippen LogP) is 4.46. The maximum atomic E-state index is 14.0. The van der Waals surface area contributed by atoms with Gasteiger partial charge < -0.3 is 9.80 Å². The van der Waals surface area contributed by atoms with Crippen molar-refractivity contribution in [1.82, 2.24) is 4.90 Å². The number of halogens is 3. The fourth-order valence-corrected chi connectivity index (χ4v) is 4.06. The molecule has 2 aromatic carbocycles. The van der Waals surface area contributed by atoms with Crippen LogP contribution in [-0.4, -0.2) is 43.4 Å². The topological polar surface area (TPSA) is 23.6 Å². The van der Waals surface area contributed by atoms with Crippen LogP contribution >= 0.6 is 0 Å². The number of benzene rings is 2. The molecule has 4 rings (SSSR count). The van der Waals surface area contributed by atoms with Gasteiger partial charge in [-0.05, 0) is 61.4 Å². The lowest BCUT2D eigenvalue weighted by molar-refractivity contribution is 0.102. The van der Waals surface area contributed by atoms with E-state index in [1.54, 1.807) is 0 Å². The first-order valence-corrected chi connectivity index (χ1v) is 9.97. The van der Waals surface area contributed by atoms with Crippen LogP contribution in [0.4, 0.5) is 18.9 Å². The highest BCUT2D eigenvalue weighted by Gasteiger charge is 2.24. The van der Waals surface area contributed by atoms with Gasteiger partial charge in [-0.1, -0.05) is 6.92 Å². The van der Waals surface area contributed by atoms with Gasteiger partial charge in [-0.25, -0.2) is 13.2 Å². The van der Waals surface area contributed by atoms with Gasteiger partial charge >= 0.3 is 0 Å². The van der Waals surface area contributed by atoms with E-state index in [2.05, 4.69) is 22.8 Å². The Morgan fingerprint density at radius 3 is 2.45 bits per heavy atom. The Labute approximate surface area is 168 Å². The Morgan fingerprint density at radius 2 is 1.72 bits per heavy atom. The van der Waals surface area contributed by atoms with Crippen molar-refractivity contribution in [3.05, 3.63) is 70.0 Å². The highest BCUT2D eigenvalue weighted by molar-refractivity contribution is 6.13. The Morgan fingerprint density at radius 1 is 0.966 bits per heavy atom. The van der Waals surface area contributed by atoms with E-state index in [1.807, 2.05) is 12.1 Å². The van der Waals surface area contributed by atoms with E-state index < -0.39 is 17.5 Å². The number of fused-ring (bicyclic) bond motifs is 1. The van der Waals surface area contributed by atoms with Gasteiger partial charge in [0, 0.05) is 48.6 Å². The first kappa shape index (κ1) is 19.7. The number of rotatable bonds is 3. The summed E-state index contributed by atoms with van der Waals surface area (Å²) in [4.78, 5) is 17.6. The second kappa shape index (κ2) is 8.03. The zero-order valence-corrected chi connectivity index (χ0v) is 16.4. The average molecular weight is 400 g/mol. The monoisotopic (exact) mass is 400 g/mol. The zero-order chi connectivity index (χ0) is 20.5. The van der Waals surface area contributed by atoms with Crippen molar-refractivity contribution in [2.45, 2.75) is 19.8 Å². The highest BCUT2D eigenvalue weighted by Crippen LogP contribution is 2.31. The van der Waals surface area contributed by atoms with Crippen LogP contribution in [0.5, 0.6) is 0 Å². The van der Waals surface area contributed by atoms with Crippen LogP contribution in [-0.2, 0) is 6.42 Å². The summed E-state index contributed by atoms with van der Waals surface area (Å²) in [7, 11) is 0. The van der Waals surface area contributed by atoms with Crippen LogP contribution in [0.3, 0.4) is 0 Å². The van der Waals surface area contributed by atoms with Gasteiger partial charge in [0.2, 0.25) is 0 Å². The van der Waals surface area contributed by atoms with Gasteiger partial charge in [-0.15, -0.1) is 0 Å². The summed E-state index contributed by atoms with van der Waals surface area (Å²) in [5, 5.41) is 0. The van der Waals surface area contributed by atoms with Crippen molar-refractivity contribution in [2.24, 2.45) is 0 Å². The minimum Gasteiger partial charge on any atom is -0.369 e. The van der Waals surface area contributed by atoms with E-state index in [-0.39, 0.29) is 11.3 Å². The molecule has 0 radical (unpaired) electrons. The lowest BCUT2D eigenvalue weighted by Gasteiger charge is -2.36. The standard InChI is InChI=1S/C23H23F3N2O/c1-2-27-9-11-28(12-10-27)18-6-7-19-15(14-18)3-4-17(23(19)29)13-16-5-8-20(24)22(26)21(16)25/h5-8,13-14H,2-4,9-12H2,1H3/b17-13+. The normalized spacial score (nSPS) is 19.0. The number of hydrogen-bond donors (Lipinski definition) is 0. The van der Waals surface area contributed by atoms with Crippen molar-refractivity contribution < 1.29 is 18.0 Å². The molecule has 1 heterocycles. The summed E-state index contributed by atoms with van der Waals surface area (Å²) in [5.41, 5.74) is 2.99. The van der Waals surface area contributed by atoms with Crippen LogP contribution in [0, 0.1) is 17.5 Å². The first-order valence-electron chi connectivity index (χ1n) is 9.97. The molecule has 0 N–H and O–H groups in total. The average Bonchev–Trinajstić information content (AvgIpc) is 2.75. The second-order valence-corrected chi connectivity index (χ2v) is 7.53. The second-order valence-electron chi connectivity index (χ2n) is 7.53. The molecule has 29 heavy (non-hydrogen) atoms. The Hall–Kier alpha value is -2.60. The molecule has 0 spiro atoms. The summed E-state index contributed by atoms with van der Waals surface area (Å²) >= 11 is 0. The van der Waals surface area contributed by atoms with E-state index in [0.717, 1.165) is 56.1 Å². The van der Waals surface area contributed by atoms with E-state index in [1.165, 1.54) is 6.08 Å². The Balaban J connectivity index is 1.57. The SMILES string of the molecule is CCN1CCN(c2ccc3c(c2)CC/C(=C\c2ccc(F)c(F)c2F)C3=O)CC1.